The molecule has 6 nitrogen and oxygen atoms in total. The molecule has 9 heteroatoms. The molecule has 2 rings (SSSR count). The number of amides is 1. The molecule has 1 fully saturated rings. The van der Waals surface area contributed by atoms with E-state index in [1.807, 2.05) is 14.1 Å². The van der Waals surface area contributed by atoms with Crippen LogP contribution in [0, 0.1) is 0 Å². The molecule has 0 N–H and O–H groups in total. The highest BCUT2D eigenvalue weighted by Gasteiger charge is 2.35. The predicted molar refractivity (Wildman–Crippen MR) is 88.5 cm³/mol. The van der Waals surface area contributed by atoms with Gasteiger partial charge in [0.05, 0.1) is 6.54 Å². The maximum atomic E-state index is 13.1. The summed E-state index contributed by atoms with van der Waals surface area (Å²) in [6.07, 6.45) is -4.51. The van der Waals surface area contributed by atoms with Crippen LogP contribution in [0.5, 0.6) is 0 Å². The molecule has 140 valence electrons. The van der Waals surface area contributed by atoms with Crippen molar-refractivity contribution in [3.63, 3.8) is 0 Å². The van der Waals surface area contributed by atoms with Crippen molar-refractivity contribution in [2.75, 3.05) is 51.7 Å². The molecule has 0 atom stereocenters. The standard InChI is InChI=1S/C16H24F3N5O/c1-11(2)12-9-13(16(17,18)19)21-15(20-12)24-7-5-23(6-8-24)14(25)10-22(3)4/h9,11H,5-8,10H2,1-4H3. The lowest BCUT2D eigenvalue weighted by atomic mass is 10.1. The summed E-state index contributed by atoms with van der Waals surface area (Å²) >= 11 is 0. The Balaban J connectivity index is 2.15. The summed E-state index contributed by atoms with van der Waals surface area (Å²) < 4.78 is 39.3. The van der Waals surface area contributed by atoms with E-state index in [2.05, 4.69) is 9.97 Å². The Bertz CT molecular complexity index is 610. The smallest absolute Gasteiger partial charge is 0.338 e. The number of aromatic nitrogens is 2. The van der Waals surface area contributed by atoms with Crippen LogP contribution in [0.1, 0.15) is 31.2 Å². The summed E-state index contributed by atoms with van der Waals surface area (Å²) in [6.45, 7) is 5.63. The van der Waals surface area contributed by atoms with Gasteiger partial charge in [0.25, 0.3) is 0 Å². The average Bonchev–Trinajstić information content (AvgIpc) is 2.53. The van der Waals surface area contributed by atoms with E-state index in [-0.39, 0.29) is 17.8 Å². The van der Waals surface area contributed by atoms with Gasteiger partial charge in [-0.1, -0.05) is 13.8 Å². The zero-order valence-electron chi connectivity index (χ0n) is 15.0. The summed E-state index contributed by atoms with van der Waals surface area (Å²) in [5, 5.41) is 0. The normalized spacial score (nSPS) is 16.0. The molecule has 0 spiro atoms. The molecule has 25 heavy (non-hydrogen) atoms. The number of likely N-dealkylation sites (N-methyl/N-ethyl adjacent to an activating group) is 1. The van der Waals surface area contributed by atoms with E-state index in [0.717, 1.165) is 6.07 Å². The number of nitrogens with zero attached hydrogens (tertiary/aromatic N) is 5. The summed E-state index contributed by atoms with van der Waals surface area (Å²) in [4.78, 5) is 25.3. The van der Waals surface area contributed by atoms with Crippen molar-refractivity contribution in [2.45, 2.75) is 25.9 Å². The Kier molecular flexibility index (Phi) is 5.87. The Morgan fingerprint density at radius 1 is 1.20 bits per heavy atom. The lowest BCUT2D eigenvalue weighted by molar-refractivity contribution is -0.141. The molecule has 1 amide bonds. The third-order valence-corrected chi connectivity index (χ3v) is 3.98. The minimum Gasteiger partial charge on any atom is -0.338 e. The van der Waals surface area contributed by atoms with Gasteiger partial charge in [0, 0.05) is 31.9 Å². The molecular weight excluding hydrogens is 335 g/mol. The molecule has 1 saturated heterocycles. The molecule has 1 aromatic heterocycles. The van der Waals surface area contributed by atoms with Gasteiger partial charge in [-0.25, -0.2) is 9.97 Å². The van der Waals surface area contributed by atoms with Crippen LogP contribution in [0.2, 0.25) is 0 Å². The number of halogens is 3. The van der Waals surface area contributed by atoms with Crippen LogP contribution < -0.4 is 4.90 Å². The topological polar surface area (TPSA) is 52.6 Å². The van der Waals surface area contributed by atoms with E-state index in [4.69, 9.17) is 0 Å². The highest BCUT2D eigenvalue weighted by atomic mass is 19.4. The average molecular weight is 359 g/mol. The molecule has 0 aliphatic carbocycles. The fourth-order valence-corrected chi connectivity index (χ4v) is 2.56. The van der Waals surface area contributed by atoms with Crippen molar-refractivity contribution in [3.8, 4) is 0 Å². The van der Waals surface area contributed by atoms with Gasteiger partial charge in [0.1, 0.15) is 5.69 Å². The predicted octanol–water partition coefficient (Wildman–Crippen LogP) is 1.83. The monoisotopic (exact) mass is 359 g/mol. The minimum atomic E-state index is -4.51. The number of rotatable bonds is 4. The van der Waals surface area contributed by atoms with Gasteiger partial charge < -0.3 is 14.7 Å². The minimum absolute atomic E-state index is 0.0116. The second kappa shape index (κ2) is 7.55. The first-order valence-corrected chi connectivity index (χ1v) is 8.21. The number of anilines is 1. The zero-order chi connectivity index (χ0) is 18.8. The summed E-state index contributed by atoms with van der Waals surface area (Å²) in [6, 6.07) is 1.00. The van der Waals surface area contributed by atoms with Crippen molar-refractivity contribution in [3.05, 3.63) is 17.5 Å². The molecular formula is C16H24F3N5O. The molecule has 0 unspecified atom stereocenters. The number of hydrogen-bond donors (Lipinski definition) is 0. The number of alkyl halides is 3. The van der Waals surface area contributed by atoms with Gasteiger partial charge in [0.2, 0.25) is 11.9 Å². The summed E-state index contributed by atoms with van der Waals surface area (Å²) in [5.41, 5.74) is -0.559. The molecule has 0 radical (unpaired) electrons. The second-order valence-corrected chi connectivity index (χ2v) is 6.74. The first-order valence-electron chi connectivity index (χ1n) is 8.21. The highest BCUT2D eigenvalue weighted by Crippen LogP contribution is 2.30. The first-order chi connectivity index (χ1) is 11.6. The fourth-order valence-electron chi connectivity index (χ4n) is 2.56. The fraction of sp³-hybridized carbons (Fsp3) is 0.688. The Labute approximate surface area is 145 Å². The first kappa shape index (κ1) is 19.4. The molecule has 1 aliphatic heterocycles. The van der Waals surface area contributed by atoms with Crippen LogP contribution >= 0.6 is 0 Å². The van der Waals surface area contributed by atoms with E-state index >= 15 is 0 Å². The number of carbonyl (C=O) groups is 1. The zero-order valence-corrected chi connectivity index (χ0v) is 15.0. The number of hydrogen-bond acceptors (Lipinski definition) is 5. The Morgan fingerprint density at radius 2 is 1.80 bits per heavy atom. The van der Waals surface area contributed by atoms with E-state index in [1.54, 1.807) is 28.5 Å². The highest BCUT2D eigenvalue weighted by molar-refractivity contribution is 5.78. The number of piperazine rings is 1. The summed E-state index contributed by atoms with van der Waals surface area (Å²) in [7, 11) is 3.64. The van der Waals surface area contributed by atoms with E-state index < -0.39 is 11.9 Å². The van der Waals surface area contributed by atoms with Gasteiger partial charge in [0.15, 0.2) is 0 Å². The van der Waals surface area contributed by atoms with E-state index in [0.29, 0.717) is 38.4 Å². The molecule has 2 heterocycles. The molecule has 1 aromatic rings. The van der Waals surface area contributed by atoms with Crippen molar-refractivity contribution in [2.24, 2.45) is 0 Å². The second-order valence-electron chi connectivity index (χ2n) is 6.74. The van der Waals surface area contributed by atoms with Crippen LogP contribution in [0.3, 0.4) is 0 Å². The Hall–Kier alpha value is -1.90. The van der Waals surface area contributed by atoms with E-state index in [1.165, 1.54) is 0 Å². The van der Waals surface area contributed by atoms with Gasteiger partial charge >= 0.3 is 6.18 Å². The van der Waals surface area contributed by atoms with Crippen LogP contribution in [0.4, 0.5) is 19.1 Å². The summed E-state index contributed by atoms with van der Waals surface area (Å²) in [5.74, 6) is -0.0403. The maximum Gasteiger partial charge on any atom is 0.433 e. The van der Waals surface area contributed by atoms with Crippen LogP contribution in [-0.4, -0.2) is 72.5 Å². The number of carbonyl (C=O) groups excluding carboxylic acids is 1. The van der Waals surface area contributed by atoms with Crippen molar-refractivity contribution in [1.29, 1.82) is 0 Å². The molecule has 0 aromatic carbocycles. The van der Waals surface area contributed by atoms with Gasteiger partial charge in [-0.15, -0.1) is 0 Å². The van der Waals surface area contributed by atoms with Gasteiger partial charge in [-0.2, -0.15) is 13.2 Å². The Morgan fingerprint density at radius 3 is 2.28 bits per heavy atom. The van der Waals surface area contributed by atoms with Crippen molar-refractivity contribution < 1.29 is 18.0 Å². The van der Waals surface area contributed by atoms with Crippen LogP contribution in [-0.2, 0) is 11.0 Å². The quantitative estimate of drug-likeness (QED) is 0.821. The maximum absolute atomic E-state index is 13.1. The van der Waals surface area contributed by atoms with Crippen LogP contribution in [0.25, 0.3) is 0 Å². The van der Waals surface area contributed by atoms with Crippen molar-refractivity contribution in [1.82, 2.24) is 19.8 Å². The lowest BCUT2D eigenvalue weighted by Gasteiger charge is -2.35. The third kappa shape index (κ3) is 5.04. The molecule has 0 bridgehead atoms. The molecule has 0 saturated carbocycles. The van der Waals surface area contributed by atoms with Gasteiger partial charge in [-0.05, 0) is 26.1 Å². The van der Waals surface area contributed by atoms with Crippen molar-refractivity contribution >= 4 is 11.9 Å². The van der Waals surface area contributed by atoms with Gasteiger partial charge in [-0.3, -0.25) is 4.79 Å². The lowest BCUT2D eigenvalue weighted by Crippen LogP contribution is -2.51. The van der Waals surface area contributed by atoms with Crippen LogP contribution in [0.15, 0.2) is 6.07 Å². The third-order valence-electron chi connectivity index (χ3n) is 3.98. The van der Waals surface area contributed by atoms with E-state index in [9.17, 15) is 18.0 Å². The largest absolute Gasteiger partial charge is 0.433 e. The SMILES string of the molecule is CC(C)c1cc(C(F)(F)F)nc(N2CCN(C(=O)CN(C)C)CC2)n1. The molecule has 1 aliphatic rings.